The largest absolute Gasteiger partial charge is 0.508 e. The Bertz CT molecular complexity index is 602. The van der Waals surface area contributed by atoms with Crippen molar-refractivity contribution in [3.05, 3.63) is 47.1 Å². The molecule has 2 aromatic rings. The number of hydrogen-bond acceptors (Lipinski definition) is 4. The summed E-state index contributed by atoms with van der Waals surface area (Å²) >= 11 is 5.77. The molecule has 0 radical (unpaired) electrons. The zero-order chi connectivity index (χ0) is 13.1. The van der Waals surface area contributed by atoms with E-state index in [4.69, 9.17) is 17.3 Å². The van der Waals surface area contributed by atoms with Gasteiger partial charge in [-0.25, -0.2) is 4.98 Å². The van der Waals surface area contributed by atoms with Crippen LogP contribution >= 0.6 is 11.6 Å². The number of phenolic OH excluding ortho intramolecular Hbond substituents is 1. The summed E-state index contributed by atoms with van der Waals surface area (Å²) in [5.74, 6) is -0.179. The lowest BCUT2D eigenvalue weighted by molar-refractivity contribution is 0.102. The van der Waals surface area contributed by atoms with Gasteiger partial charge < -0.3 is 16.2 Å². The van der Waals surface area contributed by atoms with E-state index in [2.05, 4.69) is 10.3 Å². The Morgan fingerprint density at radius 1 is 1.33 bits per heavy atom. The first-order valence-corrected chi connectivity index (χ1v) is 5.45. The van der Waals surface area contributed by atoms with Gasteiger partial charge in [-0.15, -0.1) is 0 Å². The molecule has 0 bridgehead atoms. The number of nitrogens with zero attached hydrogens (tertiary/aromatic N) is 1. The van der Waals surface area contributed by atoms with Gasteiger partial charge in [0.1, 0.15) is 11.6 Å². The third kappa shape index (κ3) is 2.70. The molecule has 0 spiro atoms. The molecule has 1 aromatic heterocycles. The first-order valence-electron chi connectivity index (χ1n) is 5.07. The molecular formula is C12H10ClN3O2. The summed E-state index contributed by atoms with van der Waals surface area (Å²) < 4.78 is 0. The van der Waals surface area contributed by atoms with Gasteiger partial charge >= 0.3 is 0 Å². The van der Waals surface area contributed by atoms with Crippen molar-refractivity contribution in [3.8, 4) is 5.75 Å². The summed E-state index contributed by atoms with van der Waals surface area (Å²) in [5.41, 5.74) is 6.10. The number of hydrogen-bond donors (Lipinski definition) is 3. The van der Waals surface area contributed by atoms with Crippen LogP contribution in [0.5, 0.6) is 5.75 Å². The first-order chi connectivity index (χ1) is 8.56. The van der Waals surface area contributed by atoms with E-state index in [9.17, 15) is 9.90 Å². The van der Waals surface area contributed by atoms with Gasteiger partial charge in [0.05, 0.1) is 5.56 Å². The number of aromatic hydroxyl groups is 1. The fourth-order valence-corrected chi connectivity index (χ4v) is 1.56. The number of nitrogen functional groups attached to an aromatic ring is 1. The highest BCUT2D eigenvalue weighted by Gasteiger charge is 2.11. The number of benzene rings is 1. The molecule has 0 aliphatic rings. The van der Waals surface area contributed by atoms with E-state index in [-0.39, 0.29) is 17.0 Å². The van der Waals surface area contributed by atoms with Crippen LogP contribution in [-0.4, -0.2) is 16.0 Å². The van der Waals surface area contributed by atoms with Gasteiger partial charge in [0.2, 0.25) is 0 Å². The molecule has 0 unspecified atom stereocenters. The molecule has 6 heteroatoms. The number of carbonyl (C=O) groups excluding carboxylic acids is 1. The maximum Gasteiger partial charge on any atom is 0.259 e. The van der Waals surface area contributed by atoms with Gasteiger partial charge in [-0.05, 0) is 30.3 Å². The van der Waals surface area contributed by atoms with Gasteiger partial charge in [0.25, 0.3) is 5.91 Å². The number of nitrogens with two attached hydrogens (primary N) is 1. The van der Waals surface area contributed by atoms with Crippen LogP contribution in [-0.2, 0) is 0 Å². The van der Waals surface area contributed by atoms with Crippen molar-refractivity contribution in [1.82, 2.24) is 4.98 Å². The normalized spacial score (nSPS) is 10.1. The number of phenols is 1. The minimum absolute atomic E-state index is 0.0339. The van der Waals surface area contributed by atoms with Gasteiger partial charge in [0.15, 0.2) is 0 Å². The Morgan fingerprint density at radius 3 is 2.83 bits per heavy atom. The van der Waals surface area contributed by atoms with Crippen LogP contribution in [0.15, 0.2) is 36.5 Å². The third-order valence-electron chi connectivity index (χ3n) is 2.25. The zero-order valence-corrected chi connectivity index (χ0v) is 9.98. The van der Waals surface area contributed by atoms with Crippen LogP contribution < -0.4 is 11.1 Å². The molecule has 0 saturated carbocycles. The predicted octanol–water partition coefficient (Wildman–Crippen LogP) is 2.28. The molecule has 18 heavy (non-hydrogen) atoms. The van der Waals surface area contributed by atoms with Crippen LogP contribution in [0.25, 0.3) is 0 Å². The van der Waals surface area contributed by atoms with Gasteiger partial charge in [-0.1, -0.05) is 11.6 Å². The molecule has 5 nitrogen and oxygen atoms in total. The van der Waals surface area contributed by atoms with Gasteiger partial charge in [0, 0.05) is 16.9 Å². The number of amides is 1. The number of nitrogens with one attached hydrogen (secondary N) is 1. The Labute approximate surface area is 108 Å². The van der Waals surface area contributed by atoms with Gasteiger partial charge in [-0.3, -0.25) is 4.79 Å². The average Bonchev–Trinajstić information content (AvgIpc) is 2.32. The van der Waals surface area contributed by atoms with Crippen molar-refractivity contribution >= 4 is 29.0 Å². The summed E-state index contributed by atoms with van der Waals surface area (Å²) in [7, 11) is 0. The molecule has 2 rings (SSSR count). The van der Waals surface area contributed by atoms with Crippen molar-refractivity contribution in [2.24, 2.45) is 0 Å². The van der Waals surface area contributed by atoms with Crippen LogP contribution in [0, 0.1) is 0 Å². The summed E-state index contributed by atoms with van der Waals surface area (Å²) in [6, 6.07) is 7.26. The highest BCUT2D eigenvalue weighted by atomic mass is 35.5. The number of pyridine rings is 1. The van der Waals surface area contributed by atoms with E-state index in [0.29, 0.717) is 10.8 Å². The highest BCUT2D eigenvalue weighted by molar-refractivity contribution is 6.30. The molecule has 0 fully saturated rings. The lowest BCUT2D eigenvalue weighted by Gasteiger charge is -2.07. The van der Waals surface area contributed by atoms with Crippen molar-refractivity contribution < 1.29 is 9.90 Å². The molecule has 0 aliphatic heterocycles. The molecule has 0 aliphatic carbocycles. The molecule has 0 atom stereocenters. The monoisotopic (exact) mass is 263 g/mol. The molecule has 1 aromatic carbocycles. The topological polar surface area (TPSA) is 88.2 Å². The number of rotatable bonds is 2. The Balaban J connectivity index is 2.24. The van der Waals surface area contributed by atoms with E-state index in [1.165, 1.54) is 30.5 Å². The van der Waals surface area contributed by atoms with Crippen molar-refractivity contribution in [1.29, 1.82) is 0 Å². The standard InChI is InChI=1S/C12H10ClN3O2/c13-7-3-4-15-11(5-7)16-12(18)9-6-8(17)1-2-10(9)14/h1-6,17H,14H2,(H,15,16,18). The second-order valence-electron chi connectivity index (χ2n) is 3.58. The number of anilines is 2. The SMILES string of the molecule is Nc1ccc(O)cc1C(=O)Nc1cc(Cl)ccn1. The summed E-state index contributed by atoms with van der Waals surface area (Å²) in [5, 5.41) is 12.3. The fraction of sp³-hybridized carbons (Fsp3) is 0. The van der Waals surface area contributed by atoms with Crippen LogP contribution in [0.2, 0.25) is 5.02 Å². The molecule has 4 N–H and O–H groups in total. The Kier molecular flexibility index (Phi) is 3.34. The van der Waals surface area contributed by atoms with E-state index >= 15 is 0 Å². The molecule has 92 valence electrons. The highest BCUT2D eigenvalue weighted by Crippen LogP contribution is 2.20. The fourth-order valence-electron chi connectivity index (χ4n) is 1.40. The number of carbonyl (C=O) groups is 1. The summed E-state index contributed by atoms with van der Waals surface area (Å²) in [4.78, 5) is 15.9. The zero-order valence-electron chi connectivity index (χ0n) is 9.22. The lowest BCUT2D eigenvalue weighted by atomic mass is 10.1. The van der Waals surface area contributed by atoms with Crippen molar-refractivity contribution in [2.45, 2.75) is 0 Å². The number of halogens is 1. The quantitative estimate of drug-likeness (QED) is 0.573. The smallest absolute Gasteiger partial charge is 0.259 e. The molecule has 0 saturated heterocycles. The predicted molar refractivity (Wildman–Crippen MR) is 69.7 cm³/mol. The third-order valence-corrected chi connectivity index (χ3v) is 2.48. The minimum atomic E-state index is -0.460. The van der Waals surface area contributed by atoms with Crippen LogP contribution in [0.1, 0.15) is 10.4 Å². The molecule has 1 amide bonds. The first kappa shape index (κ1) is 12.2. The minimum Gasteiger partial charge on any atom is -0.508 e. The average molecular weight is 264 g/mol. The van der Waals surface area contributed by atoms with E-state index in [1.54, 1.807) is 6.07 Å². The summed E-state index contributed by atoms with van der Waals surface area (Å²) in [6.45, 7) is 0. The van der Waals surface area contributed by atoms with Gasteiger partial charge in [-0.2, -0.15) is 0 Å². The van der Waals surface area contributed by atoms with E-state index in [0.717, 1.165) is 0 Å². The maximum atomic E-state index is 11.9. The van der Waals surface area contributed by atoms with Crippen molar-refractivity contribution in [3.63, 3.8) is 0 Å². The van der Waals surface area contributed by atoms with Crippen LogP contribution in [0.3, 0.4) is 0 Å². The molecule has 1 heterocycles. The van der Waals surface area contributed by atoms with Crippen molar-refractivity contribution in [2.75, 3.05) is 11.1 Å². The Hall–Kier alpha value is -2.27. The lowest BCUT2D eigenvalue weighted by Crippen LogP contribution is -2.14. The Morgan fingerprint density at radius 2 is 2.11 bits per heavy atom. The second kappa shape index (κ2) is 4.93. The van der Waals surface area contributed by atoms with Crippen LogP contribution in [0.4, 0.5) is 11.5 Å². The van der Waals surface area contributed by atoms with E-state index < -0.39 is 5.91 Å². The summed E-state index contributed by atoms with van der Waals surface area (Å²) in [6.07, 6.45) is 1.48. The van der Waals surface area contributed by atoms with E-state index in [1.807, 2.05) is 0 Å². The maximum absolute atomic E-state index is 11.9. The molecular weight excluding hydrogens is 254 g/mol. The number of aromatic nitrogens is 1. The second-order valence-corrected chi connectivity index (χ2v) is 4.02.